The predicted molar refractivity (Wildman–Crippen MR) is 76.3 cm³/mol. The molecule has 0 radical (unpaired) electrons. The fourth-order valence-electron chi connectivity index (χ4n) is 2.26. The summed E-state index contributed by atoms with van der Waals surface area (Å²) in [5.74, 6) is 0.876. The third-order valence-electron chi connectivity index (χ3n) is 3.12. The molecular weight excluding hydrogens is 312 g/mol. The van der Waals surface area contributed by atoms with E-state index in [0.717, 1.165) is 39.4 Å². The number of aryl methyl sites for hydroxylation is 1. The molecular formula is C14H13BrO2S. The Morgan fingerprint density at radius 2 is 2.17 bits per heavy atom. The molecule has 2 heterocycles. The molecule has 0 spiro atoms. The summed E-state index contributed by atoms with van der Waals surface area (Å²) in [4.78, 5) is 0.935. The van der Waals surface area contributed by atoms with Crippen LogP contribution in [0.15, 0.2) is 34.1 Å². The molecule has 1 N–H and O–H groups in total. The van der Waals surface area contributed by atoms with Crippen molar-refractivity contribution in [2.24, 2.45) is 0 Å². The van der Waals surface area contributed by atoms with Gasteiger partial charge in [-0.05, 0) is 46.5 Å². The number of benzene rings is 1. The maximum absolute atomic E-state index is 10.5. The molecule has 1 aromatic heterocycles. The normalized spacial score (nSPS) is 15.9. The van der Waals surface area contributed by atoms with Crippen LogP contribution in [0.3, 0.4) is 0 Å². The highest BCUT2D eigenvalue weighted by atomic mass is 79.9. The number of thiophene rings is 1. The van der Waals surface area contributed by atoms with Crippen LogP contribution in [0.25, 0.3) is 0 Å². The number of para-hydroxylation sites is 1. The van der Waals surface area contributed by atoms with Crippen molar-refractivity contribution in [2.75, 3.05) is 6.61 Å². The second kappa shape index (κ2) is 5.03. The Bertz CT molecular complexity index is 565. The molecule has 0 fully saturated rings. The van der Waals surface area contributed by atoms with Crippen LogP contribution in [0, 0.1) is 0 Å². The SMILES string of the molecule is OC(c1ccc(Br)s1)c1cccc2c1OCCC2. The fraction of sp³-hybridized carbons (Fsp3) is 0.286. The molecule has 1 atom stereocenters. The van der Waals surface area contributed by atoms with Crippen molar-refractivity contribution in [1.29, 1.82) is 0 Å². The molecule has 1 unspecified atom stereocenters. The molecule has 1 aromatic carbocycles. The zero-order valence-electron chi connectivity index (χ0n) is 9.73. The minimum absolute atomic E-state index is 0.602. The molecule has 0 saturated carbocycles. The second-order valence-corrected chi connectivity index (χ2v) is 6.83. The lowest BCUT2D eigenvalue weighted by atomic mass is 9.99. The lowest BCUT2D eigenvalue weighted by Crippen LogP contribution is -2.12. The van der Waals surface area contributed by atoms with Gasteiger partial charge in [-0.15, -0.1) is 11.3 Å². The van der Waals surface area contributed by atoms with E-state index in [4.69, 9.17) is 4.74 Å². The Labute approximate surface area is 118 Å². The van der Waals surface area contributed by atoms with Gasteiger partial charge in [0.2, 0.25) is 0 Å². The first-order valence-electron chi connectivity index (χ1n) is 5.93. The number of fused-ring (bicyclic) bond motifs is 1. The van der Waals surface area contributed by atoms with Gasteiger partial charge in [-0.1, -0.05) is 18.2 Å². The summed E-state index contributed by atoms with van der Waals surface area (Å²) in [7, 11) is 0. The van der Waals surface area contributed by atoms with Crippen LogP contribution in [-0.4, -0.2) is 11.7 Å². The topological polar surface area (TPSA) is 29.5 Å². The third kappa shape index (κ3) is 2.20. The van der Waals surface area contributed by atoms with E-state index in [1.807, 2.05) is 24.3 Å². The van der Waals surface area contributed by atoms with E-state index in [1.54, 1.807) is 11.3 Å². The van der Waals surface area contributed by atoms with E-state index in [0.29, 0.717) is 0 Å². The monoisotopic (exact) mass is 324 g/mol. The molecule has 3 rings (SSSR count). The first-order chi connectivity index (χ1) is 8.75. The summed E-state index contributed by atoms with van der Waals surface area (Å²) in [5, 5.41) is 10.5. The molecule has 0 aliphatic carbocycles. The van der Waals surface area contributed by atoms with Gasteiger partial charge in [-0.2, -0.15) is 0 Å². The van der Waals surface area contributed by atoms with E-state index in [1.165, 1.54) is 5.56 Å². The molecule has 1 aliphatic heterocycles. The first-order valence-corrected chi connectivity index (χ1v) is 7.54. The first kappa shape index (κ1) is 12.2. The minimum atomic E-state index is -0.602. The number of aliphatic hydroxyl groups excluding tert-OH is 1. The number of hydrogen-bond donors (Lipinski definition) is 1. The van der Waals surface area contributed by atoms with Crippen molar-refractivity contribution in [3.63, 3.8) is 0 Å². The minimum Gasteiger partial charge on any atom is -0.493 e. The smallest absolute Gasteiger partial charge is 0.128 e. The van der Waals surface area contributed by atoms with Crippen LogP contribution in [0.5, 0.6) is 5.75 Å². The number of halogens is 1. The van der Waals surface area contributed by atoms with Gasteiger partial charge in [-0.25, -0.2) is 0 Å². The maximum Gasteiger partial charge on any atom is 0.128 e. The van der Waals surface area contributed by atoms with Gasteiger partial charge < -0.3 is 9.84 Å². The Hall–Kier alpha value is -0.840. The lowest BCUT2D eigenvalue weighted by molar-refractivity contribution is 0.210. The van der Waals surface area contributed by atoms with Gasteiger partial charge in [0.25, 0.3) is 0 Å². The Kier molecular flexibility index (Phi) is 3.41. The van der Waals surface area contributed by atoms with Crippen LogP contribution in [0.1, 0.15) is 28.5 Å². The average Bonchev–Trinajstić information content (AvgIpc) is 2.84. The van der Waals surface area contributed by atoms with Crippen molar-refractivity contribution >= 4 is 27.3 Å². The Morgan fingerprint density at radius 1 is 1.28 bits per heavy atom. The largest absolute Gasteiger partial charge is 0.493 e. The van der Waals surface area contributed by atoms with Crippen LogP contribution < -0.4 is 4.74 Å². The highest BCUT2D eigenvalue weighted by Gasteiger charge is 2.21. The molecule has 18 heavy (non-hydrogen) atoms. The molecule has 94 valence electrons. The van der Waals surface area contributed by atoms with Gasteiger partial charge in [0.15, 0.2) is 0 Å². The quantitative estimate of drug-likeness (QED) is 0.907. The molecule has 0 saturated heterocycles. The fourth-order valence-corrected chi connectivity index (χ4v) is 3.69. The Morgan fingerprint density at radius 3 is 2.94 bits per heavy atom. The van der Waals surface area contributed by atoms with Gasteiger partial charge in [0, 0.05) is 10.4 Å². The maximum atomic E-state index is 10.5. The van der Waals surface area contributed by atoms with Crippen LogP contribution in [0.4, 0.5) is 0 Å². The zero-order valence-corrected chi connectivity index (χ0v) is 12.1. The summed E-state index contributed by atoms with van der Waals surface area (Å²) in [6, 6.07) is 9.92. The summed E-state index contributed by atoms with van der Waals surface area (Å²) in [6.07, 6.45) is 1.48. The molecule has 2 nitrogen and oxygen atoms in total. The van der Waals surface area contributed by atoms with E-state index >= 15 is 0 Å². The number of hydrogen-bond acceptors (Lipinski definition) is 3. The van der Waals surface area contributed by atoms with Crippen LogP contribution >= 0.6 is 27.3 Å². The molecule has 2 aromatic rings. The van der Waals surface area contributed by atoms with Crippen molar-refractivity contribution < 1.29 is 9.84 Å². The molecule has 0 bridgehead atoms. The van der Waals surface area contributed by atoms with Crippen LogP contribution in [-0.2, 0) is 6.42 Å². The standard InChI is InChI=1S/C14H13BrO2S/c15-12-7-6-11(18-12)13(16)10-5-1-3-9-4-2-8-17-14(9)10/h1,3,5-7,13,16H,2,4,8H2. The van der Waals surface area contributed by atoms with Gasteiger partial charge in [0.05, 0.1) is 10.4 Å². The van der Waals surface area contributed by atoms with E-state index < -0.39 is 6.10 Å². The number of ether oxygens (including phenoxy) is 1. The zero-order chi connectivity index (χ0) is 12.5. The average molecular weight is 325 g/mol. The second-order valence-electron chi connectivity index (χ2n) is 4.33. The van der Waals surface area contributed by atoms with Crippen molar-refractivity contribution in [1.82, 2.24) is 0 Å². The molecule has 1 aliphatic rings. The Balaban J connectivity index is 2.01. The summed E-state index contributed by atoms with van der Waals surface area (Å²) >= 11 is 4.98. The van der Waals surface area contributed by atoms with E-state index in [9.17, 15) is 5.11 Å². The predicted octanol–water partition coefficient (Wildman–Crippen LogP) is 3.92. The van der Waals surface area contributed by atoms with Crippen molar-refractivity contribution in [2.45, 2.75) is 18.9 Å². The van der Waals surface area contributed by atoms with Gasteiger partial charge >= 0.3 is 0 Å². The molecule has 4 heteroatoms. The van der Waals surface area contributed by atoms with E-state index in [-0.39, 0.29) is 0 Å². The lowest BCUT2D eigenvalue weighted by Gasteiger charge is -2.22. The van der Waals surface area contributed by atoms with Crippen molar-refractivity contribution in [3.8, 4) is 5.75 Å². The van der Waals surface area contributed by atoms with E-state index in [2.05, 4.69) is 22.0 Å². The van der Waals surface area contributed by atoms with Gasteiger partial charge in [0.1, 0.15) is 11.9 Å². The third-order valence-corrected chi connectivity index (χ3v) is 4.80. The highest BCUT2D eigenvalue weighted by Crippen LogP contribution is 2.38. The number of rotatable bonds is 2. The van der Waals surface area contributed by atoms with Crippen molar-refractivity contribution in [3.05, 3.63) is 50.1 Å². The highest BCUT2D eigenvalue weighted by molar-refractivity contribution is 9.11. The summed E-state index contributed by atoms with van der Waals surface area (Å²) in [5.41, 5.74) is 2.08. The number of aliphatic hydroxyl groups is 1. The molecule has 0 amide bonds. The van der Waals surface area contributed by atoms with Crippen LogP contribution in [0.2, 0.25) is 0 Å². The summed E-state index contributed by atoms with van der Waals surface area (Å²) < 4.78 is 6.77. The summed E-state index contributed by atoms with van der Waals surface area (Å²) in [6.45, 7) is 0.741. The van der Waals surface area contributed by atoms with Gasteiger partial charge in [-0.3, -0.25) is 0 Å².